The normalized spacial score (nSPS) is 14.4. The van der Waals surface area contributed by atoms with Gasteiger partial charge in [-0.3, -0.25) is 10.1 Å². The molecule has 0 bridgehead atoms. The Morgan fingerprint density at radius 3 is 2.47 bits per heavy atom. The third kappa shape index (κ3) is 5.38. The SMILES string of the molecule is O=C(NC(=S)Nc1cc(C(F)(F)F)ccc1N1CCOCC1)c1ccc(F)cc1Cl. The minimum absolute atomic E-state index is 0.0281. The van der Waals surface area contributed by atoms with Crippen molar-refractivity contribution in [1.82, 2.24) is 5.32 Å². The number of carbonyl (C=O) groups is 1. The van der Waals surface area contributed by atoms with E-state index >= 15 is 0 Å². The smallest absolute Gasteiger partial charge is 0.378 e. The summed E-state index contributed by atoms with van der Waals surface area (Å²) in [6, 6.07) is 6.46. The van der Waals surface area contributed by atoms with E-state index in [-0.39, 0.29) is 21.4 Å². The fourth-order valence-corrected chi connectivity index (χ4v) is 3.35. The predicted octanol–water partition coefficient (Wildman–Crippen LogP) is 4.46. The van der Waals surface area contributed by atoms with Crippen LogP contribution in [0.25, 0.3) is 0 Å². The van der Waals surface area contributed by atoms with Gasteiger partial charge in [0.05, 0.1) is 40.7 Å². The fraction of sp³-hybridized carbons (Fsp3) is 0.263. The van der Waals surface area contributed by atoms with Gasteiger partial charge in [0.15, 0.2) is 5.11 Å². The number of ether oxygens (including phenoxy) is 1. The van der Waals surface area contributed by atoms with E-state index in [0.29, 0.717) is 32.0 Å². The highest BCUT2D eigenvalue weighted by Gasteiger charge is 2.32. The zero-order valence-electron chi connectivity index (χ0n) is 15.4. The van der Waals surface area contributed by atoms with Gasteiger partial charge >= 0.3 is 6.18 Å². The molecule has 30 heavy (non-hydrogen) atoms. The van der Waals surface area contributed by atoms with E-state index in [1.54, 1.807) is 0 Å². The lowest BCUT2D eigenvalue weighted by Gasteiger charge is -2.31. The maximum absolute atomic E-state index is 13.2. The number of thiocarbonyl (C=S) groups is 1. The number of halogens is 5. The van der Waals surface area contributed by atoms with Crippen LogP contribution >= 0.6 is 23.8 Å². The summed E-state index contributed by atoms with van der Waals surface area (Å²) >= 11 is 11.0. The Morgan fingerprint density at radius 1 is 1.13 bits per heavy atom. The number of anilines is 2. The van der Waals surface area contributed by atoms with Gasteiger partial charge in [-0.1, -0.05) is 11.6 Å². The van der Waals surface area contributed by atoms with Crippen molar-refractivity contribution in [1.29, 1.82) is 0 Å². The summed E-state index contributed by atoms with van der Waals surface area (Å²) in [6.07, 6.45) is -4.55. The highest BCUT2D eigenvalue weighted by Crippen LogP contribution is 2.35. The summed E-state index contributed by atoms with van der Waals surface area (Å²) in [7, 11) is 0. The number of nitrogens with one attached hydrogen (secondary N) is 2. The molecule has 1 aliphatic rings. The van der Waals surface area contributed by atoms with Crippen molar-refractivity contribution in [3.63, 3.8) is 0 Å². The minimum atomic E-state index is -4.55. The van der Waals surface area contributed by atoms with Crippen LogP contribution in [0.4, 0.5) is 28.9 Å². The van der Waals surface area contributed by atoms with E-state index in [0.717, 1.165) is 24.3 Å². The van der Waals surface area contributed by atoms with Crippen LogP contribution in [0.1, 0.15) is 15.9 Å². The molecular weight excluding hydrogens is 446 g/mol. The first-order chi connectivity index (χ1) is 14.1. The Labute approximate surface area is 179 Å². The van der Waals surface area contributed by atoms with E-state index in [4.69, 9.17) is 28.6 Å². The number of hydrogen-bond donors (Lipinski definition) is 2. The van der Waals surface area contributed by atoms with Gasteiger partial charge in [0.2, 0.25) is 0 Å². The molecule has 5 nitrogen and oxygen atoms in total. The van der Waals surface area contributed by atoms with Crippen molar-refractivity contribution >= 4 is 46.2 Å². The summed E-state index contributed by atoms with van der Waals surface area (Å²) in [5, 5.41) is 4.65. The largest absolute Gasteiger partial charge is 0.416 e. The first-order valence-corrected chi connectivity index (χ1v) is 9.55. The van der Waals surface area contributed by atoms with Crippen LogP contribution in [0.15, 0.2) is 36.4 Å². The highest BCUT2D eigenvalue weighted by molar-refractivity contribution is 7.80. The van der Waals surface area contributed by atoms with Gasteiger partial charge < -0.3 is 15.0 Å². The molecule has 1 aliphatic heterocycles. The summed E-state index contributed by atoms with van der Waals surface area (Å²) in [6.45, 7) is 1.85. The molecule has 0 aliphatic carbocycles. The molecule has 1 amide bonds. The molecular formula is C19H16ClF4N3O2S. The number of alkyl halides is 3. The van der Waals surface area contributed by atoms with Crippen LogP contribution in [0.2, 0.25) is 5.02 Å². The van der Waals surface area contributed by atoms with Crippen LogP contribution in [0.5, 0.6) is 0 Å². The first kappa shape index (κ1) is 22.3. The number of hydrogen-bond acceptors (Lipinski definition) is 4. The molecule has 160 valence electrons. The van der Waals surface area contributed by atoms with Gasteiger partial charge in [-0.2, -0.15) is 13.2 Å². The number of amides is 1. The zero-order chi connectivity index (χ0) is 21.9. The lowest BCUT2D eigenvalue weighted by Crippen LogP contribution is -2.38. The van der Waals surface area contributed by atoms with E-state index in [2.05, 4.69) is 10.6 Å². The summed E-state index contributed by atoms with van der Waals surface area (Å²) in [5.74, 6) is -1.34. The van der Waals surface area contributed by atoms with Crippen molar-refractivity contribution < 1.29 is 27.1 Å². The molecule has 11 heteroatoms. The average molecular weight is 462 g/mol. The zero-order valence-corrected chi connectivity index (χ0v) is 16.9. The van der Waals surface area contributed by atoms with Crippen molar-refractivity contribution in [2.45, 2.75) is 6.18 Å². The second kappa shape index (κ2) is 9.15. The summed E-state index contributed by atoms with van der Waals surface area (Å²) in [4.78, 5) is 14.2. The lowest BCUT2D eigenvalue weighted by atomic mass is 10.1. The molecule has 1 fully saturated rings. The Kier molecular flexibility index (Phi) is 6.79. The second-order valence-corrected chi connectivity index (χ2v) is 7.18. The number of rotatable bonds is 3. The van der Waals surface area contributed by atoms with Gasteiger partial charge in [0.1, 0.15) is 5.82 Å². The first-order valence-electron chi connectivity index (χ1n) is 8.76. The third-order valence-electron chi connectivity index (χ3n) is 4.33. The van der Waals surface area contributed by atoms with Crippen LogP contribution in [-0.4, -0.2) is 37.3 Å². The molecule has 1 heterocycles. The molecule has 2 N–H and O–H groups in total. The molecule has 2 aromatic rings. The van der Waals surface area contributed by atoms with Gasteiger partial charge in [-0.15, -0.1) is 0 Å². The number of benzene rings is 2. The van der Waals surface area contributed by atoms with E-state index in [9.17, 15) is 22.4 Å². The van der Waals surface area contributed by atoms with Crippen LogP contribution < -0.4 is 15.5 Å². The molecule has 0 unspecified atom stereocenters. The van der Waals surface area contributed by atoms with Gasteiger partial charge in [0, 0.05) is 13.1 Å². The van der Waals surface area contributed by atoms with Gasteiger partial charge in [-0.05, 0) is 48.6 Å². The minimum Gasteiger partial charge on any atom is -0.378 e. The van der Waals surface area contributed by atoms with E-state index < -0.39 is 23.5 Å². The number of carbonyl (C=O) groups excluding carboxylic acids is 1. The third-order valence-corrected chi connectivity index (χ3v) is 4.84. The Hall–Kier alpha value is -2.43. The van der Waals surface area contributed by atoms with Crippen molar-refractivity contribution in [3.05, 3.63) is 58.4 Å². The Bertz CT molecular complexity index is 965. The van der Waals surface area contributed by atoms with Crippen LogP contribution in [0.3, 0.4) is 0 Å². The Balaban J connectivity index is 1.82. The van der Waals surface area contributed by atoms with Crippen molar-refractivity contribution in [2.24, 2.45) is 0 Å². The monoisotopic (exact) mass is 461 g/mol. The highest BCUT2D eigenvalue weighted by atomic mass is 35.5. The molecule has 0 spiro atoms. The van der Waals surface area contributed by atoms with Gasteiger partial charge in [0.25, 0.3) is 5.91 Å². The van der Waals surface area contributed by atoms with Gasteiger partial charge in [-0.25, -0.2) is 4.39 Å². The summed E-state index contributed by atoms with van der Waals surface area (Å²) in [5.41, 5.74) is -0.317. The number of nitrogens with zero attached hydrogens (tertiary/aromatic N) is 1. The molecule has 0 radical (unpaired) electrons. The molecule has 0 atom stereocenters. The van der Waals surface area contributed by atoms with Crippen molar-refractivity contribution in [3.8, 4) is 0 Å². The second-order valence-electron chi connectivity index (χ2n) is 6.36. The predicted molar refractivity (Wildman–Crippen MR) is 110 cm³/mol. The lowest BCUT2D eigenvalue weighted by molar-refractivity contribution is -0.137. The maximum atomic E-state index is 13.2. The molecule has 0 saturated carbocycles. The maximum Gasteiger partial charge on any atom is 0.416 e. The summed E-state index contributed by atoms with van der Waals surface area (Å²) < 4.78 is 58.0. The van der Waals surface area contributed by atoms with Crippen LogP contribution in [-0.2, 0) is 10.9 Å². The van der Waals surface area contributed by atoms with Crippen LogP contribution in [0, 0.1) is 5.82 Å². The molecule has 1 saturated heterocycles. The molecule has 3 rings (SSSR count). The molecule has 2 aromatic carbocycles. The van der Waals surface area contributed by atoms with Crippen molar-refractivity contribution in [2.75, 3.05) is 36.5 Å². The van der Waals surface area contributed by atoms with E-state index in [1.807, 2.05) is 4.90 Å². The van der Waals surface area contributed by atoms with E-state index in [1.165, 1.54) is 12.1 Å². The quantitative estimate of drug-likeness (QED) is 0.522. The number of morpholine rings is 1. The average Bonchev–Trinajstić information content (AvgIpc) is 2.67. The fourth-order valence-electron chi connectivity index (χ4n) is 2.89. The topological polar surface area (TPSA) is 53.6 Å². The standard InChI is InChI=1S/C19H16ClF4N3O2S/c20-14-10-12(21)2-3-13(14)17(28)26-18(30)25-15-9-11(19(22,23)24)1-4-16(15)27-5-7-29-8-6-27/h1-4,9-10H,5-8H2,(H2,25,26,28,30). The Morgan fingerprint density at radius 2 is 1.83 bits per heavy atom. The molecule has 0 aromatic heterocycles.